The van der Waals surface area contributed by atoms with Crippen molar-refractivity contribution in [3.05, 3.63) is 0 Å². The average Bonchev–Trinajstić information content (AvgIpc) is 2.57. The predicted octanol–water partition coefficient (Wildman–Crippen LogP) is -1.11. The van der Waals surface area contributed by atoms with Crippen LogP contribution in [-0.4, -0.2) is 122 Å². The monoisotopic (exact) mass is 510 g/mol. The van der Waals surface area contributed by atoms with Gasteiger partial charge in [0.15, 0.2) is 0 Å². The molecule has 31 heavy (non-hydrogen) atoms. The first-order valence-corrected chi connectivity index (χ1v) is 11.8. The van der Waals surface area contributed by atoms with E-state index >= 15 is 0 Å². The quantitative estimate of drug-likeness (QED) is 0.151. The molecule has 10 nitrogen and oxygen atoms in total. The van der Waals surface area contributed by atoms with Crippen molar-refractivity contribution in [3.63, 3.8) is 0 Å². The van der Waals surface area contributed by atoms with E-state index in [1.807, 2.05) is 0 Å². The molecule has 0 aliphatic carbocycles. The van der Waals surface area contributed by atoms with E-state index in [1.165, 1.54) is 14.1 Å². The summed E-state index contributed by atoms with van der Waals surface area (Å²) in [4.78, 5) is 0. The summed E-state index contributed by atoms with van der Waals surface area (Å²) >= 11 is 0. The molecule has 188 valence electrons. The highest BCUT2D eigenvalue weighted by atomic mass is 32.2. The Morgan fingerprint density at radius 1 is 1.03 bits per heavy atom. The van der Waals surface area contributed by atoms with E-state index in [0.717, 1.165) is 0 Å². The van der Waals surface area contributed by atoms with Gasteiger partial charge >= 0.3 is 11.4 Å². The largest absolute Gasteiger partial charge is 0.748 e. The fraction of sp³-hybridized carbons (Fsp3) is 1.00. The number of likely N-dealkylation sites (N-methyl/N-ethyl adjacent to an activating group) is 1. The van der Waals surface area contributed by atoms with E-state index in [-0.39, 0.29) is 21.9 Å². The zero-order chi connectivity index (χ0) is 24.9. The van der Waals surface area contributed by atoms with Crippen LogP contribution in [0.25, 0.3) is 0 Å². The first kappa shape index (κ1) is 30.3. The van der Waals surface area contributed by atoms with Gasteiger partial charge in [0.05, 0.1) is 50.0 Å². The zero-order valence-corrected chi connectivity index (χ0v) is 18.4. The van der Waals surface area contributed by atoms with Gasteiger partial charge < -0.3 is 24.4 Å². The Balaban J connectivity index is 5.88. The highest BCUT2D eigenvalue weighted by molar-refractivity contribution is 7.90. The van der Waals surface area contributed by atoms with Gasteiger partial charge in [-0.05, 0) is 6.42 Å². The molecule has 0 aliphatic heterocycles. The van der Waals surface area contributed by atoms with Gasteiger partial charge in [-0.15, -0.1) is 0 Å². The third-order valence-electron chi connectivity index (χ3n) is 4.34. The molecule has 2 atom stereocenters. The maximum Gasteiger partial charge on any atom is 0.470 e. The van der Waals surface area contributed by atoms with Crippen molar-refractivity contribution in [2.75, 3.05) is 52.7 Å². The number of nitrogens with zero attached hydrogens (tertiary/aromatic N) is 2. The average molecular weight is 511 g/mol. The number of quaternary nitrogens is 1. The van der Waals surface area contributed by atoms with Gasteiger partial charge in [-0.3, -0.25) is 0 Å². The summed E-state index contributed by atoms with van der Waals surface area (Å²) in [7, 11) is -8.40. The Morgan fingerprint density at radius 2 is 1.55 bits per heavy atom. The first-order chi connectivity index (χ1) is 13.7. The molecule has 2 unspecified atom stereocenters. The molecule has 0 heterocycles. The van der Waals surface area contributed by atoms with Crippen LogP contribution in [0.2, 0.25) is 0 Å². The molecule has 0 saturated heterocycles. The molecule has 3 N–H and O–H groups in total. The van der Waals surface area contributed by atoms with Gasteiger partial charge in [-0.1, -0.05) is 0 Å². The van der Waals surface area contributed by atoms with E-state index in [2.05, 4.69) is 0 Å². The third kappa shape index (κ3) is 8.99. The fourth-order valence-electron chi connectivity index (χ4n) is 2.73. The summed E-state index contributed by atoms with van der Waals surface area (Å²) in [5, 5.41) is 21.7. The van der Waals surface area contributed by atoms with Crippen molar-refractivity contribution in [2.24, 2.45) is 0 Å². The summed E-state index contributed by atoms with van der Waals surface area (Å²) in [6.07, 6.45) is -9.02. The molecule has 0 aromatic carbocycles. The van der Waals surface area contributed by atoms with E-state index in [4.69, 9.17) is 5.11 Å². The highest BCUT2D eigenvalue weighted by Gasteiger charge is 2.69. The molecule has 0 aromatic heterocycles. The predicted molar refractivity (Wildman–Crippen MR) is 96.2 cm³/mol. The van der Waals surface area contributed by atoms with Crippen LogP contribution >= 0.6 is 0 Å². The topological polar surface area (TPSA) is 155 Å². The van der Waals surface area contributed by atoms with Crippen LogP contribution in [-0.2, 0) is 20.1 Å². The van der Waals surface area contributed by atoms with Crippen molar-refractivity contribution >= 4 is 20.1 Å². The van der Waals surface area contributed by atoms with Gasteiger partial charge in [0.25, 0.3) is 10.0 Å². The maximum atomic E-state index is 13.7. The number of sulfonamides is 1. The Kier molecular flexibility index (Phi) is 10.7. The smallest absolute Gasteiger partial charge is 0.470 e. The van der Waals surface area contributed by atoms with Crippen molar-refractivity contribution in [2.45, 2.75) is 36.4 Å². The van der Waals surface area contributed by atoms with E-state index in [1.54, 1.807) is 0 Å². The summed E-state index contributed by atoms with van der Waals surface area (Å²) in [6, 6.07) is -1.81. The van der Waals surface area contributed by atoms with Crippen LogP contribution in [0.3, 0.4) is 0 Å². The number of hydrogen-bond acceptors (Lipinski definition) is 8. The van der Waals surface area contributed by atoms with Gasteiger partial charge in [-0.2, -0.15) is 26.3 Å². The standard InChI is InChI=1S/C14H27F5N2O8S2/c1-21(2,8-12(24)10-23)6-4-11(9-22)20(5-3-7-30(25,26)27)31(28,29)14(18,19)13(15,16)17/h11-12,22-24H,3-10H2,1-2H3. The summed E-state index contributed by atoms with van der Waals surface area (Å²) in [6.45, 7) is -3.21. The van der Waals surface area contributed by atoms with Crippen LogP contribution < -0.4 is 0 Å². The lowest BCUT2D eigenvalue weighted by atomic mass is 10.2. The van der Waals surface area contributed by atoms with Crippen LogP contribution in [0.5, 0.6) is 0 Å². The minimum atomic E-state index is -6.49. The SMILES string of the molecule is C[N+](C)(CCC(CO)N(CCCS(=O)(=O)[O-])S(=O)(=O)C(F)(F)C(F)(F)F)CC(O)CO. The normalized spacial score (nSPS) is 16.5. The lowest BCUT2D eigenvalue weighted by Gasteiger charge is -2.36. The lowest BCUT2D eigenvalue weighted by molar-refractivity contribution is -0.893. The Labute approximate surface area is 177 Å². The molecule has 0 aliphatic rings. The van der Waals surface area contributed by atoms with Gasteiger partial charge in [0.1, 0.15) is 12.6 Å². The Morgan fingerprint density at radius 3 is 1.94 bits per heavy atom. The number of aliphatic hydroxyl groups is 3. The van der Waals surface area contributed by atoms with Crippen LogP contribution in [0.1, 0.15) is 12.8 Å². The molecule has 0 fully saturated rings. The van der Waals surface area contributed by atoms with Gasteiger partial charge in [0.2, 0.25) is 0 Å². The van der Waals surface area contributed by atoms with Gasteiger partial charge in [0, 0.05) is 18.7 Å². The Hall–Kier alpha value is -0.690. The Bertz CT molecular complexity index is 774. The highest BCUT2D eigenvalue weighted by Crippen LogP contribution is 2.42. The minimum Gasteiger partial charge on any atom is -0.748 e. The second-order valence-corrected chi connectivity index (χ2v) is 11.0. The van der Waals surface area contributed by atoms with Gasteiger partial charge in [-0.25, -0.2) is 16.8 Å². The molecule has 0 aromatic rings. The maximum absolute atomic E-state index is 13.7. The van der Waals surface area contributed by atoms with E-state index < -0.39 is 82.1 Å². The molecule has 0 saturated carbocycles. The first-order valence-electron chi connectivity index (χ1n) is 8.83. The fourth-order valence-corrected chi connectivity index (χ4v) is 4.74. The zero-order valence-electron chi connectivity index (χ0n) is 16.8. The summed E-state index contributed by atoms with van der Waals surface area (Å²) < 4.78 is 121. The van der Waals surface area contributed by atoms with Crippen LogP contribution in [0.4, 0.5) is 22.0 Å². The van der Waals surface area contributed by atoms with Crippen molar-refractivity contribution < 1.29 is 63.1 Å². The number of alkyl halides is 5. The number of aliphatic hydroxyl groups excluding tert-OH is 3. The minimum absolute atomic E-state index is 0.0888. The summed E-state index contributed by atoms with van der Waals surface area (Å²) in [5.74, 6) is -1.22. The van der Waals surface area contributed by atoms with Crippen molar-refractivity contribution in [3.8, 4) is 0 Å². The molecule has 17 heteroatoms. The molecular weight excluding hydrogens is 483 g/mol. The number of hydrogen-bond donors (Lipinski definition) is 3. The van der Waals surface area contributed by atoms with E-state index in [9.17, 15) is 53.6 Å². The molecule has 0 bridgehead atoms. The van der Waals surface area contributed by atoms with Crippen LogP contribution in [0.15, 0.2) is 0 Å². The van der Waals surface area contributed by atoms with Crippen molar-refractivity contribution in [1.82, 2.24) is 4.31 Å². The van der Waals surface area contributed by atoms with Crippen LogP contribution in [0, 0.1) is 0 Å². The molecule has 0 amide bonds. The molecule has 0 rings (SSSR count). The second kappa shape index (κ2) is 11.0. The third-order valence-corrected chi connectivity index (χ3v) is 7.10. The number of halogens is 5. The lowest BCUT2D eigenvalue weighted by Crippen LogP contribution is -2.56. The van der Waals surface area contributed by atoms with E-state index in [0.29, 0.717) is 0 Å². The summed E-state index contributed by atoms with van der Waals surface area (Å²) in [5.41, 5.74) is 0. The molecule has 0 radical (unpaired) electrons. The molecular formula is C14H27F5N2O8S2. The van der Waals surface area contributed by atoms with Crippen molar-refractivity contribution in [1.29, 1.82) is 0 Å². The second-order valence-electron chi connectivity index (χ2n) is 7.55. The number of rotatable bonds is 14. The molecule has 0 spiro atoms.